The van der Waals surface area contributed by atoms with Gasteiger partial charge in [-0.25, -0.2) is 4.98 Å². The van der Waals surface area contributed by atoms with Crippen molar-refractivity contribution in [3.63, 3.8) is 0 Å². The van der Waals surface area contributed by atoms with Crippen LogP contribution in [0.25, 0.3) is 83.4 Å². The minimum Gasteiger partial charge on any atom is -0.458 e. The lowest BCUT2D eigenvalue weighted by Gasteiger charge is -2.18. The number of benzene rings is 8. The molecule has 0 N–H and O–H groups in total. The third kappa shape index (κ3) is 7.31. The lowest BCUT2D eigenvalue weighted by atomic mass is 9.88. The Morgan fingerprint density at radius 2 is 1.30 bits per heavy atom. The molecule has 0 atom stereocenters. The van der Waals surface area contributed by atoms with Crippen molar-refractivity contribution in [2.75, 3.05) is 0 Å². The summed E-state index contributed by atoms with van der Waals surface area (Å²) < 4.78 is 118. The smallest absolute Gasteiger partial charge is 0.269 e. The summed E-state index contributed by atoms with van der Waals surface area (Å²) >= 11 is 0. The van der Waals surface area contributed by atoms with Crippen molar-refractivity contribution < 1.29 is 25.8 Å². The first-order valence-electron chi connectivity index (χ1n) is 26.9. The fraction of sp³-hybridized carbons (Fsp3) is 0.0847. The summed E-state index contributed by atoms with van der Waals surface area (Å²) in [6, 6.07) is 39.9. The van der Waals surface area contributed by atoms with Gasteiger partial charge >= 0.3 is 0 Å². The van der Waals surface area contributed by atoms with E-state index in [0.29, 0.717) is 39.6 Å². The largest absolute Gasteiger partial charge is 0.458 e. The number of rotatable bonds is 9. The molecule has 0 bridgehead atoms. The summed E-state index contributed by atoms with van der Waals surface area (Å²) in [5, 5.41) is 1.91. The molecule has 11 rings (SSSR count). The zero-order valence-electron chi connectivity index (χ0n) is 47.1. The van der Waals surface area contributed by atoms with Crippen LogP contribution in [0, 0.1) is 11.7 Å². The Morgan fingerprint density at radius 3 is 2.05 bits per heavy atom. The summed E-state index contributed by atoms with van der Waals surface area (Å²) in [4.78, 5) is 4.81. The van der Waals surface area contributed by atoms with Gasteiger partial charge in [0.1, 0.15) is 17.3 Å². The van der Waals surface area contributed by atoms with Crippen LogP contribution in [-0.2, 0) is 6.37 Å². The van der Waals surface area contributed by atoms with Crippen LogP contribution in [-0.4, -0.2) is 14.1 Å². The second-order valence-corrected chi connectivity index (χ2v) is 16.5. The number of hydrogen-bond acceptors (Lipinski definition) is 2. The van der Waals surface area contributed by atoms with Crippen molar-refractivity contribution in [2.45, 2.75) is 27.1 Å². The van der Waals surface area contributed by atoms with E-state index in [0.717, 1.165) is 32.9 Å². The highest BCUT2D eigenvalue weighted by Crippen LogP contribution is 2.39. The minimum atomic E-state index is -1.68. The van der Waals surface area contributed by atoms with E-state index < -0.39 is 72.2 Å². The Hall–Kier alpha value is -8.02. The van der Waals surface area contributed by atoms with E-state index in [4.69, 9.17) is 26.2 Å². The average molecular weight is 839 g/mol. The zero-order chi connectivity index (χ0) is 53.7. The number of imidazole rings is 1. The topological polar surface area (TPSA) is 35.9 Å². The highest BCUT2D eigenvalue weighted by molar-refractivity contribution is 6.10. The number of para-hydroxylation sites is 3. The molecular formula is C59H46N4O. The molecule has 0 aliphatic rings. The molecule has 3 aromatic heterocycles. The van der Waals surface area contributed by atoms with Crippen molar-refractivity contribution in [1.82, 2.24) is 14.1 Å². The minimum absolute atomic E-state index is 0.140. The number of pyridine rings is 1. The second-order valence-electron chi connectivity index (χ2n) is 16.5. The molecule has 0 aliphatic heterocycles. The summed E-state index contributed by atoms with van der Waals surface area (Å²) in [5.41, 5.74) is 5.46. The molecule has 8 aromatic carbocycles. The molecule has 0 saturated carbocycles. The van der Waals surface area contributed by atoms with Crippen LogP contribution in [0.2, 0.25) is 0 Å². The predicted octanol–water partition coefficient (Wildman–Crippen LogP) is 14.6. The van der Waals surface area contributed by atoms with Crippen molar-refractivity contribution in [3.05, 3.63) is 224 Å². The molecule has 5 nitrogen and oxygen atoms in total. The molecule has 0 saturated heterocycles. The van der Waals surface area contributed by atoms with Crippen molar-refractivity contribution >= 4 is 32.8 Å². The third-order valence-corrected chi connectivity index (χ3v) is 11.0. The highest BCUT2D eigenvalue weighted by Gasteiger charge is 2.21. The molecule has 0 unspecified atom stereocenters. The first kappa shape index (κ1) is 27.8. The van der Waals surface area contributed by atoms with Gasteiger partial charge in [0.15, 0.2) is 0 Å². The number of ether oxygens (including phenoxy) is 1. The SMILES string of the molecule is [2H]c1c([2H])c([2H])c(-c2cccc(-c3c([2H])c([2H])c([2H])c([2H])c3[2H])c2-[n+]2[c-]n(-c3cccc(Oc4ccc5c6cc(-c7ccccc7)ccc6n(-c6cc(C([2H])([2H])C(C)(C)C)ccn6)c5c4)c3)c3ccccc32)c([2H])c1[2H]. The van der Waals surface area contributed by atoms with Gasteiger partial charge in [-0.3, -0.25) is 13.7 Å². The Bertz CT molecular complexity index is 4040. The van der Waals surface area contributed by atoms with E-state index in [9.17, 15) is 0 Å². The van der Waals surface area contributed by atoms with Crippen LogP contribution < -0.4 is 9.30 Å². The molecule has 3 heterocycles. The number of hydrogen-bond donors (Lipinski definition) is 0. The van der Waals surface area contributed by atoms with E-state index >= 15 is 0 Å². The summed E-state index contributed by atoms with van der Waals surface area (Å²) in [6.07, 6.45) is 3.40. The average Bonchev–Trinajstić information content (AvgIpc) is 4.00. The lowest BCUT2D eigenvalue weighted by Crippen LogP contribution is -2.31. The van der Waals surface area contributed by atoms with Crippen LogP contribution in [0.5, 0.6) is 11.5 Å². The first-order valence-corrected chi connectivity index (χ1v) is 20.9. The molecule has 5 heteroatoms. The highest BCUT2D eigenvalue weighted by atomic mass is 16.5. The van der Waals surface area contributed by atoms with Crippen LogP contribution in [0.3, 0.4) is 0 Å². The van der Waals surface area contributed by atoms with Gasteiger partial charge in [0, 0.05) is 25.8 Å². The summed E-state index contributed by atoms with van der Waals surface area (Å²) in [5.74, 6) is 1.51. The number of aromatic nitrogens is 4. The summed E-state index contributed by atoms with van der Waals surface area (Å²) in [7, 11) is 0. The van der Waals surface area contributed by atoms with E-state index in [1.165, 1.54) is 0 Å². The third-order valence-electron chi connectivity index (χ3n) is 11.0. The Balaban J connectivity index is 1.07. The molecule has 64 heavy (non-hydrogen) atoms. The van der Waals surface area contributed by atoms with Crippen LogP contribution in [0.4, 0.5) is 0 Å². The van der Waals surface area contributed by atoms with Gasteiger partial charge in [0.2, 0.25) is 0 Å². The Kier molecular flexibility index (Phi) is 6.97. The van der Waals surface area contributed by atoms with Gasteiger partial charge in [0.25, 0.3) is 6.33 Å². The predicted molar refractivity (Wildman–Crippen MR) is 262 cm³/mol. The number of fused-ring (bicyclic) bond motifs is 4. The molecule has 0 aliphatic carbocycles. The zero-order valence-corrected chi connectivity index (χ0v) is 35.1. The fourth-order valence-electron chi connectivity index (χ4n) is 8.37. The molecule has 0 radical (unpaired) electrons. The van der Waals surface area contributed by atoms with Gasteiger partial charge in [0.05, 0.1) is 47.1 Å². The van der Waals surface area contributed by atoms with E-state index in [1.54, 1.807) is 45.7 Å². The van der Waals surface area contributed by atoms with E-state index in [2.05, 4.69) is 36.7 Å². The van der Waals surface area contributed by atoms with Crippen LogP contribution in [0.15, 0.2) is 212 Å². The van der Waals surface area contributed by atoms with Crippen LogP contribution in [0.1, 0.15) is 42.8 Å². The van der Waals surface area contributed by atoms with Gasteiger partial charge in [-0.2, -0.15) is 0 Å². The monoisotopic (exact) mass is 838 g/mol. The van der Waals surface area contributed by atoms with Crippen molar-refractivity contribution in [3.8, 4) is 62.1 Å². The second kappa shape index (κ2) is 16.0. The number of nitrogens with zero attached hydrogens (tertiary/aromatic N) is 4. The molecular weight excluding hydrogens is 781 g/mol. The van der Waals surface area contributed by atoms with Gasteiger partial charge in [-0.15, -0.1) is 0 Å². The maximum absolute atomic E-state index is 9.12. The van der Waals surface area contributed by atoms with Gasteiger partial charge in [-0.05, 0) is 105 Å². The summed E-state index contributed by atoms with van der Waals surface area (Å²) in [6.45, 7) is 5.64. The van der Waals surface area contributed by atoms with E-state index in [1.807, 2.05) is 110 Å². The molecule has 308 valence electrons. The van der Waals surface area contributed by atoms with Gasteiger partial charge < -0.3 is 4.74 Å². The Labute approximate surface area is 390 Å². The van der Waals surface area contributed by atoms with Crippen molar-refractivity contribution in [2.24, 2.45) is 5.41 Å². The molecule has 0 amide bonds. The first-order chi connectivity index (χ1) is 36.3. The normalized spacial score (nSPS) is 14.6. The molecule has 0 fully saturated rings. The maximum atomic E-state index is 9.12. The maximum Gasteiger partial charge on any atom is 0.269 e. The van der Waals surface area contributed by atoms with Crippen LogP contribution >= 0.6 is 0 Å². The fourth-order valence-corrected chi connectivity index (χ4v) is 8.37. The van der Waals surface area contributed by atoms with Gasteiger partial charge in [-0.1, -0.05) is 166 Å². The molecule has 11 aromatic rings. The van der Waals surface area contributed by atoms with E-state index in [-0.39, 0.29) is 27.9 Å². The quantitative estimate of drug-likeness (QED) is 0.107. The lowest BCUT2D eigenvalue weighted by molar-refractivity contribution is -0.571. The standard InChI is InChI=1S/C59H46N4O/c1-59(2,3)39-41-33-34-60-57(35-41)63-53-32-29-45(42-17-7-4-8-18-42)36-52(53)51-31-30-48(38-56(51)63)64-47-24-15-23-46(37-47)61-40-62(55-28-14-13-27-54(55)61)58-49(43-19-9-5-10-20-43)25-16-26-50(58)44-21-11-6-12-22-44/h4-38H,39H2,1-3H3/i5D,6D,9D,10D,11D,12D,19D,20D,21D,22D,39D2. The van der Waals surface area contributed by atoms with Crippen molar-refractivity contribution in [1.29, 1.82) is 0 Å². The Morgan fingerprint density at radius 1 is 0.594 bits per heavy atom. The molecule has 0 spiro atoms.